The fourth-order valence-electron chi connectivity index (χ4n) is 4.04. The topological polar surface area (TPSA) is 69.6 Å². The predicted molar refractivity (Wildman–Crippen MR) is 81.0 cm³/mol. The molecule has 3 unspecified atom stereocenters. The van der Waals surface area contributed by atoms with Gasteiger partial charge in [-0.25, -0.2) is 0 Å². The van der Waals surface area contributed by atoms with Crippen molar-refractivity contribution in [2.24, 2.45) is 5.41 Å². The number of nitrogens with zero attached hydrogens (tertiary/aromatic N) is 1. The van der Waals surface area contributed by atoms with Crippen molar-refractivity contribution in [1.29, 1.82) is 0 Å². The van der Waals surface area contributed by atoms with Gasteiger partial charge in [0.15, 0.2) is 0 Å². The zero-order valence-electron chi connectivity index (χ0n) is 13.4. The van der Waals surface area contributed by atoms with Gasteiger partial charge in [0.05, 0.1) is 11.5 Å². The molecule has 120 valence electrons. The van der Waals surface area contributed by atoms with Crippen LogP contribution < -0.4 is 5.32 Å². The SMILES string of the molecule is CC1CCC(C)N1C(C)C(=O)NCC1(C(=O)O)CCCC1. The summed E-state index contributed by atoms with van der Waals surface area (Å²) in [7, 11) is 0. The maximum atomic E-state index is 12.4. The summed E-state index contributed by atoms with van der Waals surface area (Å²) < 4.78 is 0. The zero-order valence-corrected chi connectivity index (χ0v) is 13.4. The molecule has 2 rings (SSSR count). The summed E-state index contributed by atoms with van der Waals surface area (Å²) in [5, 5.41) is 12.4. The Morgan fingerprint density at radius 1 is 1.24 bits per heavy atom. The molecule has 5 nitrogen and oxygen atoms in total. The van der Waals surface area contributed by atoms with Crippen LogP contribution in [0.5, 0.6) is 0 Å². The number of hydrogen-bond donors (Lipinski definition) is 2. The molecule has 1 saturated heterocycles. The summed E-state index contributed by atoms with van der Waals surface area (Å²) in [5.74, 6) is -0.806. The average molecular weight is 296 g/mol. The van der Waals surface area contributed by atoms with Crippen molar-refractivity contribution in [3.8, 4) is 0 Å². The lowest BCUT2D eigenvalue weighted by molar-refractivity contribution is -0.148. The van der Waals surface area contributed by atoms with Gasteiger partial charge in [-0.05, 0) is 46.5 Å². The second-order valence-corrected chi connectivity index (χ2v) is 6.91. The Kier molecular flexibility index (Phi) is 4.91. The number of carboxylic acids is 1. The van der Waals surface area contributed by atoms with Crippen LogP contribution in [0, 0.1) is 5.41 Å². The second-order valence-electron chi connectivity index (χ2n) is 6.91. The number of carbonyl (C=O) groups excluding carboxylic acids is 1. The van der Waals surface area contributed by atoms with Gasteiger partial charge in [-0.2, -0.15) is 0 Å². The van der Waals surface area contributed by atoms with E-state index < -0.39 is 11.4 Å². The van der Waals surface area contributed by atoms with Crippen LogP contribution >= 0.6 is 0 Å². The van der Waals surface area contributed by atoms with E-state index in [1.807, 2.05) is 6.92 Å². The number of likely N-dealkylation sites (tertiary alicyclic amines) is 1. The van der Waals surface area contributed by atoms with E-state index in [-0.39, 0.29) is 18.5 Å². The molecule has 2 N–H and O–H groups in total. The highest BCUT2D eigenvalue weighted by atomic mass is 16.4. The summed E-state index contributed by atoms with van der Waals surface area (Å²) in [4.78, 5) is 26.1. The van der Waals surface area contributed by atoms with E-state index in [9.17, 15) is 14.7 Å². The maximum absolute atomic E-state index is 12.4. The molecule has 1 heterocycles. The van der Waals surface area contributed by atoms with Gasteiger partial charge in [0.2, 0.25) is 5.91 Å². The molecule has 0 aromatic rings. The standard InChI is InChI=1S/C16H28N2O3/c1-11-6-7-12(2)18(11)13(3)14(19)17-10-16(15(20)21)8-4-5-9-16/h11-13H,4-10H2,1-3H3,(H,17,19)(H,20,21). The minimum Gasteiger partial charge on any atom is -0.481 e. The van der Waals surface area contributed by atoms with Crippen molar-refractivity contribution in [3.63, 3.8) is 0 Å². The summed E-state index contributed by atoms with van der Waals surface area (Å²) in [6, 6.07) is 0.645. The summed E-state index contributed by atoms with van der Waals surface area (Å²) in [6.45, 7) is 6.50. The number of carbonyl (C=O) groups is 2. The minimum absolute atomic E-state index is 0.0388. The minimum atomic E-state index is -0.768. The molecule has 0 bridgehead atoms. The van der Waals surface area contributed by atoms with Crippen molar-refractivity contribution >= 4 is 11.9 Å². The first-order valence-electron chi connectivity index (χ1n) is 8.16. The molecule has 0 radical (unpaired) electrons. The Morgan fingerprint density at radius 3 is 2.24 bits per heavy atom. The van der Waals surface area contributed by atoms with Gasteiger partial charge in [0.25, 0.3) is 0 Å². The monoisotopic (exact) mass is 296 g/mol. The highest BCUT2D eigenvalue weighted by Crippen LogP contribution is 2.37. The van der Waals surface area contributed by atoms with Gasteiger partial charge < -0.3 is 10.4 Å². The smallest absolute Gasteiger partial charge is 0.311 e. The van der Waals surface area contributed by atoms with Crippen LogP contribution in [0.25, 0.3) is 0 Å². The lowest BCUT2D eigenvalue weighted by atomic mass is 9.86. The van der Waals surface area contributed by atoms with Gasteiger partial charge >= 0.3 is 5.97 Å². The summed E-state index contributed by atoms with van der Waals surface area (Å²) in [5.41, 5.74) is -0.738. The first-order valence-corrected chi connectivity index (χ1v) is 8.16. The van der Waals surface area contributed by atoms with Crippen molar-refractivity contribution in [2.45, 2.75) is 77.4 Å². The molecule has 0 aromatic heterocycles. The molecule has 3 atom stereocenters. The second kappa shape index (κ2) is 6.34. The fraction of sp³-hybridized carbons (Fsp3) is 0.875. The summed E-state index contributed by atoms with van der Waals surface area (Å²) in [6.07, 6.45) is 5.48. The Bertz CT molecular complexity index is 394. The van der Waals surface area contributed by atoms with Crippen molar-refractivity contribution in [2.75, 3.05) is 6.54 Å². The van der Waals surface area contributed by atoms with Gasteiger partial charge in [-0.15, -0.1) is 0 Å². The van der Waals surface area contributed by atoms with Crippen molar-refractivity contribution in [3.05, 3.63) is 0 Å². The van der Waals surface area contributed by atoms with E-state index in [1.54, 1.807) is 0 Å². The molecule has 5 heteroatoms. The van der Waals surface area contributed by atoms with Crippen LogP contribution in [0.15, 0.2) is 0 Å². The van der Waals surface area contributed by atoms with E-state index >= 15 is 0 Å². The quantitative estimate of drug-likeness (QED) is 0.814. The number of carboxylic acid groups (broad SMARTS) is 1. The van der Waals surface area contributed by atoms with Crippen LogP contribution in [-0.4, -0.2) is 46.6 Å². The summed E-state index contributed by atoms with van der Waals surface area (Å²) >= 11 is 0. The van der Waals surface area contributed by atoms with Gasteiger partial charge in [-0.3, -0.25) is 14.5 Å². The number of aliphatic carboxylic acids is 1. The number of amides is 1. The van der Waals surface area contributed by atoms with Crippen LogP contribution in [-0.2, 0) is 9.59 Å². The maximum Gasteiger partial charge on any atom is 0.311 e. The molecule has 1 saturated carbocycles. The zero-order chi connectivity index (χ0) is 15.6. The van der Waals surface area contributed by atoms with E-state index in [2.05, 4.69) is 24.1 Å². The molecule has 1 aliphatic heterocycles. The third-order valence-electron chi connectivity index (χ3n) is 5.46. The van der Waals surface area contributed by atoms with Gasteiger partial charge in [0.1, 0.15) is 0 Å². The molecule has 2 fully saturated rings. The van der Waals surface area contributed by atoms with Gasteiger partial charge in [-0.1, -0.05) is 12.8 Å². The van der Waals surface area contributed by atoms with Crippen molar-refractivity contribution < 1.29 is 14.7 Å². The first kappa shape index (κ1) is 16.3. The van der Waals surface area contributed by atoms with Gasteiger partial charge in [0, 0.05) is 18.6 Å². The molecule has 0 aromatic carbocycles. The molecule has 21 heavy (non-hydrogen) atoms. The first-order chi connectivity index (χ1) is 9.87. The van der Waals surface area contributed by atoms with Crippen LogP contribution in [0.2, 0.25) is 0 Å². The third kappa shape index (κ3) is 3.23. The Balaban J connectivity index is 1.93. The molecular weight excluding hydrogens is 268 g/mol. The number of rotatable bonds is 5. The largest absolute Gasteiger partial charge is 0.481 e. The van der Waals surface area contributed by atoms with E-state index in [4.69, 9.17) is 0 Å². The molecule has 1 amide bonds. The predicted octanol–water partition coefficient (Wildman–Crippen LogP) is 2.01. The average Bonchev–Trinajstić information content (AvgIpc) is 3.04. The van der Waals surface area contributed by atoms with E-state index in [0.717, 1.165) is 25.7 Å². The normalized spacial score (nSPS) is 30.2. The third-order valence-corrected chi connectivity index (χ3v) is 5.46. The van der Waals surface area contributed by atoms with Crippen LogP contribution in [0.3, 0.4) is 0 Å². The van der Waals surface area contributed by atoms with Crippen LogP contribution in [0.1, 0.15) is 59.3 Å². The Morgan fingerprint density at radius 2 is 1.76 bits per heavy atom. The molecular formula is C16H28N2O3. The highest BCUT2D eigenvalue weighted by Gasteiger charge is 2.42. The number of nitrogens with one attached hydrogen (secondary N) is 1. The Labute approximate surface area is 127 Å². The lowest BCUT2D eigenvalue weighted by Gasteiger charge is -2.32. The highest BCUT2D eigenvalue weighted by molar-refractivity contribution is 5.83. The number of hydrogen-bond acceptors (Lipinski definition) is 3. The van der Waals surface area contributed by atoms with E-state index in [0.29, 0.717) is 24.9 Å². The van der Waals surface area contributed by atoms with Crippen LogP contribution in [0.4, 0.5) is 0 Å². The molecule has 1 aliphatic carbocycles. The lowest BCUT2D eigenvalue weighted by Crippen LogP contribution is -2.51. The Hall–Kier alpha value is -1.10. The van der Waals surface area contributed by atoms with Crippen molar-refractivity contribution in [1.82, 2.24) is 10.2 Å². The van der Waals surface area contributed by atoms with E-state index in [1.165, 1.54) is 0 Å². The fourth-order valence-corrected chi connectivity index (χ4v) is 4.04. The molecule has 0 spiro atoms. The molecule has 2 aliphatic rings.